The normalized spacial score (nSPS) is 24.2. The van der Waals surface area contributed by atoms with Crippen LogP contribution in [0.25, 0.3) is 0 Å². The minimum absolute atomic E-state index is 0.211. The summed E-state index contributed by atoms with van der Waals surface area (Å²) in [6.45, 7) is 30.5. The van der Waals surface area contributed by atoms with Gasteiger partial charge in [0.15, 0.2) is 0 Å². The van der Waals surface area contributed by atoms with Crippen LogP contribution in [0, 0.1) is 5.41 Å². The van der Waals surface area contributed by atoms with Gasteiger partial charge in [-0.3, -0.25) is 4.79 Å². The molecule has 2 aromatic heterocycles. The van der Waals surface area contributed by atoms with Crippen LogP contribution in [0.4, 0.5) is 11.6 Å². The molecule has 5 aliphatic rings. The third-order valence-corrected chi connectivity index (χ3v) is 11.3. The number of hydrogen-bond acceptors (Lipinski definition) is 11. The number of carbonyl (C=O) groups is 1. The van der Waals surface area contributed by atoms with Gasteiger partial charge in [-0.2, -0.15) is 0 Å². The predicted molar refractivity (Wildman–Crippen MR) is 204 cm³/mol. The molecule has 0 spiro atoms. The number of carbonyl (C=O) groups excluding carboxylic acids is 1. The number of nitrogens with zero attached hydrogens (tertiary/aromatic N) is 5. The predicted octanol–water partition coefficient (Wildman–Crippen LogP) is 2.88. The van der Waals surface area contributed by atoms with Gasteiger partial charge in [-0.15, -0.1) is 0 Å². The van der Waals surface area contributed by atoms with E-state index in [1.165, 1.54) is 0 Å². The Balaban J connectivity index is 0.000000196. The topological polar surface area (TPSA) is 111 Å². The summed E-state index contributed by atoms with van der Waals surface area (Å²) in [5.74, 6) is 2.16. The first-order valence-corrected chi connectivity index (χ1v) is 18.7. The van der Waals surface area contributed by atoms with Crippen molar-refractivity contribution in [2.24, 2.45) is 5.41 Å². The van der Waals surface area contributed by atoms with Gasteiger partial charge in [0.05, 0.1) is 41.0 Å². The smallest absolute Gasteiger partial charge is 0.399 e. The SMILES string of the molecule is CC.CC1(C(=O)N2CCN(c3ccc(B4OC(C)(C)C(C)(C)O4)cn3)CC2)COC1.CC1(C)OB(c2ccc(N3CCNCC3)nc2)OC1(C)C. The highest BCUT2D eigenvalue weighted by atomic mass is 16.7. The lowest BCUT2D eigenvalue weighted by Gasteiger charge is -2.43. The van der Waals surface area contributed by atoms with Gasteiger partial charge in [0.1, 0.15) is 11.6 Å². The van der Waals surface area contributed by atoms with E-state index >= 15 is 0 Å². The number of piperazine rings is 2. The van der Waals surface area contributed by atoms with Crippen molar-refractivity contribution in [2.45, 2.75) is 98.6 Å². The second kappa shape index (κ2) is 15.3. The van der Waals surface area contributed by atoms with Crippen molar-refractivity contribution < 1.29 is 28.1 Å². The molecule has 2 aromatic rings. The molecule has 0 aliphatic carbocycles. The summed E-state index contributed by atoms with van der Waals surface area (Å²) in [6.07, 6.45) is 3.71. The average molecular weight is 707 g/mol. The molecule has 1 N–H and O–H groups in total. The standard InChI is InChI=1S/C20H30BN3O4.C15H24BN3O2.C2H6/c1-18(2)19(3,4)28-21(27-18)15-6-7-16(22-12-15)23-8-10-24(11-9-23)17(25)20(5)13-26-14-20;1-14(2)15(3,4)21-16(20-14)12-5-6-13(18-11-12)19-9-7-17-8-10-19;1-2/h6-7,12H,8-11,13-14H2,1-5H3;5-6,11,17H,7-10H2,1-4H3;1-2H3. The Kier molecular flexibility index (Phi) is 11.9. The molecule has 5 fully saturated rings. The van der Waals surface area contributed by atoms with Gasteiger partial charge in [-0.1, -0.05) is 26.0 Å². The van der Waals surface area contributed by atoms with E-state index in [9.17, 15) is 4.79 Å². The van der Waals surface area contributed by atoms with Crippen molar-refractivity contribution in [3.63, 3.8) is 0 Å². The van der Waals surface area contributed by atoms with Gasteiger partial charge in [-0.05, 0) is 74.4 Å². The summed E-state index contributed by atoms with van der Waals surface area (Å²) in [5.41, 5.74) is 0.235. The maximum Gasteiger partial charge on any atom is 0.496 e. The number of amides is 1. The third-order valence-electron chi connectivity index (χ3n) is 11.3. The van der Waals surface area contributed by atoms with Crippen molar-refractivity contribution in [2.75, 3.05) is 75.4 Å². The molecule has 1 amide bonds. The van der Waals surface area contributed by atoms with Crippen molar-refractivity contribution in [1.82, 2.24) is 20.2 Å². The first-order valence-electron chi connectivity index (χ1n) is 18.7. The Labute approximate surface area is 306 Å². The Hall–Kier alpha value is -2.74. The van der Waals surface area contributed by atoms with E-state index in [4.69, 9.17) is 23.4 Å². The number of pyridine rings is 2. The van der Waals surface area contributed by atoms with E-state index in [1.54, 1.807) is 0 Å². The average Bonchev–Trinajstić information content (AvgIpc) is 3.48. The molecule has 5 aliphatic heterocycles. The minimum Gasteiger partial charge on any atom is -0.399 e. The zero-order valence-corrected chi connectivity index (χ0v) is 32.9. The highest BCUT2D eigenvalue weighted by molar-refractivity contribution is 6.62. The van der Waals surface area contributed by atoms with Crippen LogP contribution >= 0.6 is 0 Å². The first kappa shape index (κ1) is 39.5. The summed E-state index contributed by atoms with van der Waals surface area (Å²) in [6, 6.07) is 8.16. The fraction of sp³-hybridized carbons (Fsp3) is 0.703. The monoisotopic (exact) mass is 706 g/mol. The molecule has 5 saturated heterocycles. The number of aromatic nitrogens is 2. The van der Waals surface area contributed by atoms with Crippen LogP contribution in [0.2, 0.25) is 0 Å². The van der Waals surface area contributed by atoms with E-state index in [-0.39, 0.29) is 40.8 Å². The van der Waals surface area contributed by atoms with Gasteiger partial charge in [0.25, 0.3) is 0 Å². The molecule has 7 heterocycles. The molecule has 12 nitrogen and oxygen atoms in total. The molecular weight excluding hydrogens is 646 g/mol. The van der Waals surface area contributed by atoms with Crippen LogP contribution in [0.5, 0.6) is 0 Å². The Morgan fingerprint density at radius 1 is 0.627 bits per heavy atom. The highest BCUT2D eigenvalue weighted by Gasteiger charge is 2.53. The lowest BCUT2D eigenvalue weighted by atomic mass is 9.80. The number of ether oxygens (including phenoxy) is 1. The van der Waals surface area contributed by atoms with Gasteiger partial charge in [0, 0.05) is 75.7 Å². The van der Waals surface area contributed by atoms with Crippen molar-refractivity contribution in [1.29, 1.82) is 0 Å². The lowest BCUT2D eigenvalue weighted by molar-refractivity contribution is -0.169. The lowest BCUT2D eigenvalue weighted by Crippen LogP contribution is -2.58. The largest absolute Gasteiger partial charge is 0.496 e. The highest BCUT2D eigenvalue weighted by Crippen LogP contribution is 2.37. The van der Waals surface area contributed by atoms with Crippen molar-refractivity contribution in [3.05, 3.63) is 36.7 Å². The Morgan fingerprint density at radius 3 is 1.35 bits per heavy atom. The molecule has 0 saturated carbocycles. The number of nitrogens with one attached hydrogen (secondary N) is 1. The summed E-state index contributed by atoms with van der Waals surface area (Å²) in [5, 5.41) is 3.35. The maximum absolute atomic E-state index is 12.6. The molecule has 0 atom stereocenters. The van der Waals surface area contributed by atoms with Gasteiger partial charge < -0.3 is 43.4 Å². The summed E-state index contributed by atoms with van der Waals surface area (Å²) in [7, 11) is -0.731. The fourth-order valence-electron chi connectivity index (χ4n) is 6.35. The maximum atomic E-state index is 12.6. The van der Waals surface area contributed by atoms with Crippen LogP contribution in [0.3, 0.4) is 0 Å². The molecule has 0 bridgehead atoms. The van der Waals surface area contributed by atoms with E-state index in [0.29, 0.717) is 13.2 Å². The van der Waals surface area contributed by atoms with Crippen molar-refractivity contribution >= 4 is 42.7 Å². The van der Waals surface area contributed by atoms with E-state index in [2.05, 4.69) is 64.9 Å². The molecule has 51 heavy (non-hydrogen) atoms. The molecule has 0 unspecified atom stereocenters. The summed E-state index contributed by atoms with van der Waals surface area (Å²) < 4.78 is 29.5. The second-order valence-electron chi connectivity index (χ2n) is 16.1. The number of anilines is 2. The molecular formula is C37H60B2N6O6. The third kappa shape index (κ3) is 8.41. The van der Waals surface area contributed by atoms with E-state index in [1.807, 2.05) is 77.9 Å². The summed E-state index contributed by atoms with van der Waals surface area (Å²) >= 11 is 0. The van der Waals surface area contributed by atoms with Crippen LogP contribution in [0.1, 0.15) is 76.2 Å². The van der Waals surface area contributed by atoms with Crippen LogP contribution in [0.15, 0.2) is 36.7 Å². The fourth-order valence-corrected chi connectivity index (χ4v) is 6.35. The van der Waals surface area contributed by atoms with Crippen LogP contribution in [-0.4, -0.2) is 123 Å². The first-order chi connectivity index (χ1) is 24.0. The Morgan fingerprint density at radius 2 is 1.02 bits per heavy atom. The van der Waals surface area contributed by atoms with E-state index < -0.39 is 7.12 Å². The van der Waals surface area contributed by atoms with Crippen LogP contribution in [-0.2, 0) is 28.1 Å². The van der Waals surface area contributed by atoms with Gasteiger partial charge >= 0.3 is 14.2 Å². The van der Waals surface area contributed by atoms with Gasteiger partial charge in [0.2, 0.25) is 5.91 Å². The van der Waals surface area contributed by atoms with E-state index in [0.717, 1.165) is 74.9 Å². The van der Waals surface area contributed by atoms with Crippen molar-refractivity contribution in [3.8, 4) is 0 Å². The zero-order chi connectivity index (χ0) is 37.2. The molecule has 0 radical (unpaired) electrons. The summed E-state index contributed by atoms with van der Waals surface area (Å²) in [4.78, 5) is 28.3. The van der Waals surface area contributed by atoms with Gasteiger partial charge in [-0.25, -0.2) is 9.97 Å². The molecule has 0 aromatic carbocycles. The second-order valence-corrected chi connectivity index (χ2v) is 16.1. The Bertz CT molecular complexity index is 1420. The quantitative estimate of drug-likeness (QED) is 0.464. The molecule has 7 rings (SSSR count). The van der Waals surface area contributed by atoms with Crippen LogP contribution < -0.4 is 26.0 Å². The molecule has 14 heteroatoms. The number of hydrogen-bond donors (Lipinski definition) is 1. The zero-order valence-electron chi connectivity index (χ0n) is 32.9. The minimum atomic E-state index is -0.397. The number of rotatable bonds is 5. The molecule has 280 valence electrons.